The van der Waals surface area contributed by atoms with Crippen LogP contribution in [0.1, 0.15) is 31.2 Å². The summed E-state index contributed by atoms with van der Waals surface area (Å²) in [5, 5.41) is 13.0. The van der Waals surface area contributed by atoms with Crippen LogP contribution in [0.2, 0.25) is 0 Å². The number of nitrogens with zero attached hydrogens (tertiary/aromatic N) is 2. The van der Waals surface area contributed by atoms with Crippen molar-refractivity contribution in [1.82, 2.24) is 10.2 Å². The molecule has 0 fully saturated rings. The number of hydrogen-bond acceptors (Lipinski definition) is 4. The Labute approximate surface area is 102 Å². The van der Waals surface area contributed by atoms with E-state index < -0.39 is 0 Å². The van der Waals surface area contributed by atoms with E-state index in [1.807, 2.05) is 0 Å². The zero-order valence-corrected chi connectivity index (χ0v) is 11.0. The monoisotopic (exact) mass is 291 g/mol. The summed E-state index contributed by atoms with van der Waals surface area (Å²) < 4.78 is 0. The maximum atomic E-state index is 11.4. The highest BCUT2D eigenvalue weighted by molar-refractivity contribution is 9.09. The molecule has 0 spiro atoms. The number of rotatable bonds is 6. The van der Waals surface area contributed by atoms with Crippen LogP contribution in [0.4, 0.5) is 5.13 Å². The van der Waals surface area contributed by atoms with Gasteiger partial charge in [-0.25, -0.2) is 0 Å². The summed E-state index contributed by atoms with van der Waals surface area (Å²) in [7, 11) is 0. The first-order valence-electron chi connectivity index (χ1n) is 4.94. The van der Waals surface area contributed by atoms with Gasteiger partial charge in [-0.2, -0.15) is 0 Å². The van der Waals surface area contributed by atoms with Crippen molar-refractivity contribution in [2.75, 3.05) is 10.6 Å². The summed E-state index contributed by atoms with van der Waals surface area (Å²) in [6, 6.07) is 0. The van der Waals surface area contributed by atoms with Crippen molar-refractivity contribution < 1.29 is 4.79 Å². The first-order chi connectivity index (χ1) is 7.26. The van der Waals surface area contributed by atoms with Gasteiger partial charge in [0.25, 0.3) is 0 Å². The van der Waals surface area contributed by atoms with E-state index in [0.717, 1.165) is 29.6 Å². The molecule has 0 aliphatic carbocycles. The first-order valence-corrected chi connectivity index (χ1v) is 6.88. The lowest BCUT2D eigenvalue weighted by molar-refractivity contribution is -0.116. The molecule has 0 saturated carbocycles. The number of halogens is 1. The van der Waals surface area contributed by atoms with Gasteiger partial charge in [0, 0.05) is 18.2 Å². The molecule has 0 radical (unpaired) electrons. The largest absolute Gasteiger partial charge is 0.301 e. The molecule has 1 aromatic rings. The average molecular weight is 292 g/mol. The molecule has 1 heterocycles. The van der Waals surface area contributed by atoms with E-state index in [1.165, 1.54) is 11.3 Å². The number of carbonyl (C=O) groups excluding carboxylic acids is 1. The third kappa shape index (κ3) is 4.70. The molecule has 1 amide bonds. The van der Waals surface area contributed by atoms with E-state index in [9.17, 15) is 4.79 Å². The lowest BCUT2D eigenvalue weighted by Gasteiger charge is -1.98. The second-order valence-corrected chi connectivity index (χ2v) is 4.95. The molecule has 1 aromatic heterocycles. The average Bonchev–Trinajstić information content (AvgIpc) is 2.63. The Morgan fingerprint density at radius 3 is 3.00 bits per heavy atom. The van der Waals surface area contributed by atoms with Crippen molar-refractivity contribution in [1.29, 1.82) is 0 Å². The van der Waals surface area contributed by atoms with Crippen molar-refractivity contribution in [3.05, 3.63) is 5.01 Å². The van der Waals surface area contributed by atoms with Gasteiger partial charge in [0.1, 0.15) is 5.01 Å². The smallest absolute Gasteiger partial charge is 0.226 e. The maximum absolute atomic E-state index is 11.4. The Morgan fingerprint density at radius 1 is 1.53 bits per heavy atom. The van der Waals surface area contributed by atoms with Crippen LogP contribution >= 0.6 is 27.3 Å². The Bertz CT molecular complexity index is 316. The summed E-state index contributed by atoms with van der Waals surface area (Å²) >= 11 is 4.77. The van der Waals surface area contributed by atoms with Gasteiger partial charge in [-0.1, -0.05) is 40.6 Å². The van der Waals surface area contributed by atoms with Crippen LogP contribution in [0.25, 0.3) is 0 Å². The lowest BCUT2D eigenvalue weighted by Crippen LogP contribution is -2.10. The molecule has 1 N–H and O–H groups in total. The van der Waals surface area contributed by atoms with E-state index in [2.05, 4.69) is 38.4 Å². The van der Waals surface area contributed by atoms with Crippen LogP contribution in [0, 0.1) is 0 Å². The zero-order valence-electron chi connectivity index (χ0n) is 8.62. The van der Waals surface area contributed by atoms with E-state index in [4.69, 9.17) is 0 Å². The molecule has 15 heavy (non-hydrogen) atoms. The molecule has 0 atom stereocenters. The number of alkyl halides is 1. The fourth-order valence-electron chi connectivity index (χ4n) is 1.01. The second kappa shape index (κ2) is 6.90. The number of nitrogens with one attached hydrogen (secondary N) is 1. The molecule has 0 aliphatic heterocycles. The molecule has 0 unspecified atom stereocenters. The van der Waals surface area contributed by atoms with Crippen molar-refractivity contribution in [2.45, 2.75) is 32.6 Å². The standard InChI is InChI=1S/C9H14BrN3OS/c1-2-3-4-7(14)11-9-13-12-8(15-9)5-6-10/h2-6H2,1H3,(H,11,13,14). The van der Waals surface area contributed by atoms with Gasteiger partial charge in [-0.15, -0.1) is 10.2 Å². The van der Waals surface area contributed by atoms with Crippen LogP contribution in [0.5, 0.6) is 0 Å². The van der Waals surface area contributed by atoms with Gasteiger partial charge in [-0.05, 0) is 6.42 Å². The van der Waals surface area contributed by atoms with Gasteiger partial charge in [-0.3, -0.25) is 4.79 Å². The van der Waals surface area contributed by atoms with Crippen LogP contribution in [0.15, 0.2) is 0 Å². The van der Waals surface area contributed by atoms with Gasteiger partial charge in [0.15, 0.2) is 0 Å². The van der Waals surface area contributed by atoms with Crippen LogP contribution in [-0.2, 0) is 11.2 Å². The number of carbonyl (C=O) groups is 1. The highest BCUT2D eigenvalue weighted by Gasteiger charge is 2.06. The minimum atomic E-state index is 0.0263. The number of hydrogen-bond donors (Lipinski definition) is 1. The van der Waals surface area contributed by atoms with Crippen LogP contribution in [-0.4, -0.2) is 21.4 Å². The van der Waals surface area contributed by atoms with Crippen molar-refractivity contribution >= 4 is 38.3 Å². The SMILES string of the molecule is CCCCC(=O)Nc1nnc(CCBr)s1. The highest BCUT2D eigenvalue weighted by atomic mass is 79.9. The summed E-state index contributed by atoms with van der Waals surface area (Å²) in [4.78, 5) is 11.4. The predicted octanol–water partition coefficient (Wildman–Crippen LogP) is 2.60. The van der Waals surface area contributed by atoms with E-state index in [1.54, 1.807) is 0 Å². The fourth-order valence-corrected chi connectivity index (χ4v) is 2.40. The van der Waals surface area contributed by atoms with Crippen LogP contribution in [0.3, 0.4) is 0 Å². The van der Waals surface area contributed by atoms with Crippen molar-refractivity contribution in [2.24, 2.45) is 0 Å². The minimum Gasteiger partial charge on any atom is -0.301 e. The molecule has 6 heteroatoms. The fraction of sp³-hybridized carbons (Fsp3) is 0.667. The molecule has 0 aromatic carbocycles. The summed E-state index contributed by atoms with van der Waals surface area (Å²) in [6.07, 6.45) is 3.35. The number of amides is 1. The van der Waals surface area contributed by atoms with Crippen molar-refractivity contribution in [3.63, 3.8) is 0 Å². The van der Waals surface area contributed by atoms with Gasteiger partial charge in [0.2, 0.25) is 11.0 Å². The van der Waals surface area contributed by atoms with E-state index in [0.29, 0.717) is 11.6 Å². The van der Waals surface area contributed by atoms with Crippen LogP contribution < -0.4 is 5.32 Å². The molecule has 0 aliphatic rings. The van der Waals surface area contributed by atoms with Gasteiger partial charge < -0.3 is 5.32 Å². The summed E-state index contributed by atoms with van der Waals surface area (Å²) in [5.74, 6) is 0.0263. The summed E-state index contributed by atoms with van der Waals surface area (Å²) in [5.41, 5.74) is 0. The van der Waals surface area contributed by atoms with Crippen molar-refractivity contribution in [3.8, 4) is 0 Å². The molecule has 0 saturated heterocycles. The van der Waals surface area contributed by atoms with Gasteiger partial charge >= 0.3 is 0 Å². The third-order valence-electron chi connectivity index (χ3n) is 1.78. The maximum Gasteiger partial charge on any atom is 0.226 e. The molecule has 0 bridgehead atoms. The molecule has 4 nitrogen and oxygen atoms in total. The number of aryl methyl sites for hydroxylation is 1. The number of unbranched alkanes of at least 4 members (excludes halogenated alkanes) is 1. The highest BCUT2D eigenvalue weighted by Crippen LogP contribution is 2.16. The summed E-state index contributed by atoms with van der Waals surface area (Å²) in [6.45, 7) is 2.06. The minimum absolute atomic E-state index is 0.0263. The Hall–Kier alpha value is -0.490. The third-order valence-corrected chi connectivity index (χ3v) is 3.07. The predicted molar refractivity (Wildman–Crippen MR) is 65.6 cm³/mol. The van der Waals surface area contributed by atoms with E-state index in [-0.39, 0.29) is 5.91 Å². The quantitative estimate of drug-likeness (QED) is 0.820. The Balaban J connectivity index is 2.39. The topological polar surface area (TPSA) is 54.9 Å². The van der Waals surface area contributed by atoms with E-state index >= 15 is 0 Å². The number of anilines is 1. The molecule has 84 valence electrons. The lowest BCUT2D eigenvalue weighted by atomic mass is 10.2. The Kier molecular flexibility index (Phi) is 5.78. The normalized spacial score (nSPS) is 10.3. The Morgan fingerprint density at radius 2 is 2.33 bits per heavy atom. The number of aromatic nitrogens is 2. The molecule has 1 rings (SSSR count). The second-order valence-electron chi connectivity index (χ2n) is 3.09. The zero-order chi connectivity index (χ0) is 11.1. The molecular formula is C9H14BrN3OS. The first kappa shape index (κ1) is 12.6. The molecular weight excluding hydrogens is 278 g/mol. The van der Waals surface area contributed by atoms with Gasteiger partial charge in [0.05, 0.1) is 0 Å².